The van der Waals surface area contributed by atoms with Gasteiger partial charge in [0, 0.05) is 6.07 Å². The van der Waals surface area contributed by atoms with E-state index in [-0.39, 0.29) is 0 Å². The van der Waals surface area contributed by atoms with Crippen LogP contribution < -0.4 is 0 Å². The lowest BCUT2D eigenvalue weighted by molar-refractivity contribution is 0.479. The van der Waals surface area contributed by atoms with Gasteiger partial charge in [0.2, 0.25) is 0 Å². The second-order valence-electron chi connectivity index (χ2n) is 4.17. The first-order chi connectivity index (χ1) is 7.25. The summed E-state index contributed by atoms with van der Waals surface area (Å²) < 4.78 is 5.78. The van der Waals surface area contributed by atoms with Gasteiger partial charge >= 0.3 is 11.5 Å². The van der Waals surface area contributed by atoms with E-state index in [1.54, 1.807) is 0 Å². The van der Waals surface area contributed by atoms with Crippen LogP contribution in [0.5, 0.6) is 0 Å². The standard InChI is InChI=1S/C14H13O/c1-9-7-10(2)15-13-8-11-5-3-4-6-12(11)14(9)13/h3-7H,8H2,1-2H3/q+1. The molecule has 0 unspecified atom stereocenters. The summed E-state index contributed by atoms with van der Waals surface area (Å²) in [5, 5.41) is 0. The van der Waals surface area contributed by atoms with Crippen LogP contribution in [0.25, 0.3) is 11.1 Å². The Bertz CT molecular complexity index is 541. The average molecular weight is 197 g/mol. The molecule has 0 saturated heterocycles. The minimum Gasteiger partial charge on any atom is -0.217 e. The van der Waals surface area contributed by atoms with Gasteiger partial charge in [0.15, 0.2) is 0 Å². The van der Waals surface area contributed by atoms with Gasteiger partial charge in [-0.3, -0.25) is 0 Å². The Morgan fingerprint density at radius 2 is 1.93 bits per heavy atom. The maximum atomic E-state index is 5.78. The van der Waals surface area contributed by atoms with E-state index >= 15 is 0 Å². The Morgan fingerprint density at radius 3 is 2.80 bits per heavy atom. The monoisotopic (exact) mass is 197 g/mol. The van der Waals surface area contributed by atoms with Gasteiger partial charge in [-0.25, -0.2) is 4.42 Å². The third kappa shape index (κ3) is 1.19. The highest BCUT2D eigenvalue weighted by Crippen LogP contribution is 2.38. The van der Waals surface area contributed by atoms with Crippen LogP contribution in [0.3, 0.4) is 0 Å². The lowest BCUT2D eigenvalue weighted by Crippen LogP contribution is -1.86. The predicted octanol–water partition coefficient (Wildman–Crippen LogP) is 3.75. The Balaban J connectivity index is 2.33. The molecule has 0 atom stereocenters. The smallest absolute Gasteiger partial charge is 0.217 e. The van der Waals surface area contributed by atoms with Gasteiger partial charge in [-0.15, -0.1) is 0 Å². The molecule has 0 aliphatic heterocycles. The third-order valence-electron chi connectivity index (χ3n) is 3.01. The van der Waals surface area contributed by atoms with Crippen molar-refractivity contribution < 1.29 is 4.42 Å². The molecule has 15 heavy (non-hydrogen) atoms. The van der Waals surface area contributed by atoms with Crippen molar-refractivity contribution in [2.75, 3.05) is 0 Å². The van der Waals surface area contributed by atoms with Crippen LogP contribution in [0, 0.1) is 13.8 Å². The average Bonchev–Trinajstić information content (AvgIpc) is 2.54. The number of hydrogen-bond donors (Lipinski definition) is 0. The minimum atomic E-state index is 0.939. The first-order valence-corrected chi connectivity index (χ1v) is 5.27. The fraction of sp³-hybridized carbons (Fsp3) is 0.214. The number of hydrogen-bond acceptors (Lipinski definition) is 0. The number of fused-ring (bicyclic) bond motifs is 3. The maximum absolute atomic E-state index is 5.78. The van der Waals surface area contributed by atoms with Crippen LogP contribution in [-0.2, 0) is 6.42 Å². The predicted molar refractivity (Wildman–Crippen MR) is 60.8 cm³/mol. The normalized spacial score (nSPS) is 12.4. The van der Waals surface area contributed by atoms with Gasteiger partial charge in [-0.05, 0) is 23.6 Å². The van der Waals surface area contributed by atoms with E-state index in [2.05, 4.69) is 37.3 Å². The first kappa shape index (κ1) is 8.66. The van der Waals surface area contributed by atoms with E-state index < -0.39 is 0 Å². The summed E-state index contributed by atoms with van der Waals surface area (Å²) in [6.07, 6.45) is 0.939. The summed E-state index contributed by atoms with van der Waals surface area (Å²) in [5.74, 6) is 2.12. The molecule has 3 rings (SSSR count). The SMILES string of the molecule is Cc1cc(C)c2c([o+]1)Cc1ccccc1-2. The minimum absolute atomic E-state index is 0.939. The van der Waals surface area contributed by atoms with E-state index in [0.29, 0.717) is 0 Å². The highest BCUT2D eigenvalue weighted by molar-refractivity contribution is 5.77. The van der Waals surface area contributed by atoms with E-state index in [1.807, 2.05) is 6.92 Å². The van der Waals surface area contributed by atoms with Crippen LogP contribution in [0.15, 0.2) is 34.7 Å². The molecule has 0 bridgehead atoms. The molecular formula is C14H13O+. The molecule has 1 aromatic heterocycles. The molecule has 74 valence electrons. The molecule has 0 N–H and O–H groups in total. The summed E-state index contributed by atoms with van der Waals surface area (Å²) in [4.78, 5) is 0. The molecule has 2 aromatic rings. The highest BCUT2D eigenvalue weighted by Gasteiger charge is 2.30. The third-order valence-corrected chi connectivity index (χ3v) is 3.01. The number of aryl methyl sites for hydroxylation is 2. The summed E-state index contributed by atoms with van der Waals surface area (Å²) in [5.41, 5.74) is 5.34. The van der Waals surface area contributed by atoms with Crippen LogP contribution in [0.4, 0.5) is 0 Å². The van der Waals surface area contributed by atoms with Gasteiger partial charge in [0.1, 0.15) is 0 Å². The molecule has 0 spiro atoms. The molecular weight excluding hydrogens is 184 g/mol. The first-order valence-electron chi connectivity index (χ1n) is 5.27. The van der Waals surface area contributed by atoms with Crippen molar-refractivity contribution >= 4 is 0 Å². The zero-order valence-electron chi connectivity index (χ0n) is 9.00. The molecule has 1 heteroatoms. The van der Waals surface area contributed by atoms with Crippen molar-refractivity contribution in [3.63, 3.8) is 0 Å². The Hall–Kier alpha value is -1.63. The highest BCUT2D eigenvalue weighted by atomic mass is 16.3. The zero-order chi connectivity index (χ0) is 10.4. The quantitative estimate of drug-likeness (QED) is 0.499. The van der Waals surface area contributed by atoms with Gasteiger partial charge in [0.05, 0.1) is 18.9 Å². The van der Waals surface area contributed by atoms with Crippen molar-refractivity contribution in [1.82, 2.24) is 0 Å². The number of rotatable bonds is 0. The molecule has 1 aliphatic rings. The van der Waals surface area contributed by atoms with Crippen LogP contribution >= 0.6 is 0 Å². The summed E-state index contributed by atoms with van der Waals surface area (Å²) in [6, 6.07) is 10.7. The van der Waals surface area contributed by atoms with Crippen LogP contribution in [-0.4, -0.2) is 0 Å². The molecule has 0 amide bonds. The summed E-state index contributed by atoms with van der Waals surface area (Å²) in [7, 11) is 0. The van der Waals surface area contributed by atoms with E-state index in [0.717, 1.165) is 17.9 Å². The van der Waals surface area contributed by atoms with Crippen molar-refractivity contribution in [2.45, 2.75) is 20.3 Å². The molecule has 0 saturated carbocycles. The van der Waals surface area contributed by atoms with Crippen molar-refractivity contribution in [1.29, 1.82) is 0 Å². The molecule has 0 radical (unpaired) electrons. The van der Waals surface area contributed by atoms with Gasteiger partial charge in [-0.1, -0.05) is 24.3 Å². The Morgan fingerprint density at radius 1 is 1.13 bits per heavy atom. The fourth-order valence-electron chi connectivity index (χ4n) is 2.45. The lowest BCUT2D eigenvalue weighted by Gasteiger charge is -1.99. The number of benzene rings is 1. The van der Waals surface area contributed by atoms with E-state index in [1.165, 1.54) is 22.3 Å². The van der Waals surface area contributed by atoms with Gasteiger partial charge < -0.3 is 0 Å². The van der Waals surface area contributed by atoms with Gasteiger partial charge in [0.25, 0.3) is 0 Å². The van der Waals surface area contributed by atoms with Crippen molar-refractivity contribution in [3.8, 4) is 11.1 Å². The maximum Gasteiger partial charge on any atom is 0.341 e. The van der Waals surface area contributed by atoms with Crippen LogP contribution in [0.2, 0.25) is 0 Å². The molecule has 0 fully saturated rings. The largest absolute Gasteiger partial charge is 0.341 e. The second-order valence-corrected chi connectivity index (χ2v) is 4.17. The molecule has 1 aliphatic carbocycles. The van der Waals surface area contributed by atoms with Crippen molar-refractivity contribution in [2.24, 2.45) is 0 Å². The zero-order valence-corrected chi connectivity index (χ0v) is 9.00. The molecule has 1 aromatic carbocycles. The Kier molecular flexibility index (Phi) is 1.69. The van der Waals surface area contributed by atoms with Crippen LogP contribution in [0.1, 0.15) is 22.6 Å². The summed E-state index contributed by atoms with van der Waals surface area (Å²) in [6.45, 7) is 4.17. The summed E-state index contributed by atoms with van der Waals surface area (Å²) >= 11 is 0. The lowest BCUT2D eigenvalue weighted by atomic mass is 10.0. The Labute approximate surface area is 89.4 Å². The molecule has 1 nitrogen and oxygen atoms in total. The topological polar surface area (TPSA) is 11.3 Å². The fourth-order valence-corrected chi connectivity index (χ4v) is 2.45. The molecule has 1 heterocycles. The second kappa shape index (κ2) is 2.93. The van der Waals surface area contributed by atoms with Crippen molar-refractivity contribution in [3.05, 3.63) is 53.0 Å². The van der Waals surface area contributed by atoms with E-state index in [9.17, 15) is 0 Å². The van der Waals surface area contributed by atoms with Gasteiger partial charge in [-0.2, -0.15) is 0 Å². The van der Waals surface area contributed by atoms with E-state index in [4.69, 9.17) is 4.42 Å².